The van der Waals surface area contributed by atoms with E-state index >= 15 is 0 Å². The van der Waals surface area contributed by atoms with Gasteiger partial charge in [0.1, 0.15) is 11.6 Å². The van der Waals surface area contributed by atoms with Gasteiger partial charge in [-0.25, -0.2) is 8.78 Å². The van der Waals surface area contributed by atoms with E-state index in [-0.39, 0.29) is 0 Å². The second-order valence-electron chi connectivity index (χ2n) is 2.73. The Hall–Kier alpha value is -2.14. The maximum Gasteiger partial charge on any atom is 0.373 e. The Labute approximate surface area is 97.6 Å². The molecular weight excluding hydrogens is 260 g/mol. The minimum absolute atomic E-state index is 0.588. The van der Waals surface area contributed by atoms with Crippen molar-refractivity contribution < 1.29 is 18.5 Å². The first kappa shape index (κ1) is 12.9. The van der Waals surface area contributed by atoms with Gasteiger partial charge in [-0.1, -0.05) is 0 Å². The molecule has 0 amide bonds. The molecule has 0 N–H and O–H groups in total. The largest absolute Gasteiger partial charge is 0.373 e. The first-order valence-corrected chi connectivity index (χ1v) is 4.33. The van der Waals surface area contributed by atoms with E-state index in [1.54, 1.807) is 0 Å². The zero-order valence-electron chi connectivity index (χ0n) is 7.85. The molecule has 0 saturated carbocycles. The highest BCUT2D eigenvalue weighted by molar-refractivity contribution is 6.68. The van der Waals surface area contributed by atoms with Gasteiger partial charge in [-0.3, -0.25) is 4.79 Å². The summed E-state index contributed by atoms with van der Waals surface area (Å²) in [7, 11) is 0. The van der Waals surface area contributed by atoms with Gasteiger partial charge < -0.3 is 10.1 Å². The second kappa shape index (κ2) is 4.80. The fourth-order valence-electron chi connectivity index (χ4n) is 1.14. The highest BCUT2D eigenvalue weighted by Crippen LogP contribution is 2.32. The van der Waals surface area contributed by atoms with Crippen molar-refractivity contribution in [1.29, 1.82) is 5.26 Å². The van der Waals surface area contributed by atoms with Gasteiger partial charge in [0.05, 0.1) is 11.1 Å². The highest BCUT2D eigenvalue weighted by Gasteiger charge is 2.31. The normalized spacial score (nSPS) is 10.1. The summed E-state index contributed by atoms with van der Waals surface area (Å²) in [4.78, 5) is 23.2. The number of nitriles is 1. The van der Waals surface area contributed by atoms with E-state index in [4.69, 9.17) is 16.9 Å². The van der Waals surface area contributed by atoms with Gasteiger partial charge in [0, 0.05) is 0 Å². The zero-order chi connectivity index (χ0) is 13.2. The topological polar surface area (TPSA) is 96.9 Å². The molecule has 1 aromatic heterocycles. The molecule has 0 unspecified atom stereocenters. The predicted molar refractivity (Wildman–Crippen MR) is 50.7 cm³/mol. The van der Waals surface area contributed by atoms with E-state index in [1.807, 2.05) is 0 Å². The van der Waals surface area contributed by atoms with Crippen molar-refractivity contribution in [3.05, 3.63) is 33.0 Å². The van der Waals surface area contributed by atoms with Crippen LogP contribution in [-0.4, -0.2) is 15.1 Å². The minimum atomic E-state index is -3.31. The highest BCUT2D eigenvalue weighted by atomic mass is 35.5. The van der Waals surface area contributed by atoms with Crippen LogP contribution in [0, 0.1) is 21.4 Å². The number of hydrogen-bond donors (Lipinski definition) is 0. The number of rotatable bonds is 3. The number of nitrogens with zero attached hydrogens (tertiary/aromatic N) is 3. The van der Waals surface area contributed by atoms with E-state index in [0.717, 1.165) is 0 Å². The number of carbonyl (C=O) groups excluding carboxylic acids is 1. The molecule has 0 spiro atoms. The Morgan fingerprint density at radius 3 is 2.59 bits per heavy atom. The fraction of sp³-hybridized carbons (Fsp3) is 0.125. The Morgan fingerprint density at radius 1 is 1.65 bits per heavy atom. The van der Waals surface area contributed by atoms with Crippen LogP contribution in [0.15, 0.2) is 6.20 Å². The molecule has 0 radical (unpaired) electrons. The Kier molecular flexibility index (Phi) is 3.65. The molecule has 1 rings (SSSR count). The summed E-state index contributed by atoms with van der Waals surface area (Å²) in [6.07, 6.45) is -2.69. The van der Waals surface area contributed by atoms with Crippen molar-refractivity contribution >= 4 is 22.7 Å². The predicted octanol–water partition coefficient (Wildman–Crippen LogP) is 2.18. The number of aromatic nitrogens is 1. The third-order valence-corrected chi connectivity index (χ3v) is 2.01. The molecule has 1 aromatic rings. The summed E-state index contributed by atoms with van der Waals surface area (Å²) in [5, 5.41) is 17.9. The van der Waals surface area contributed by atoms with Gasteiger partial charge in [0.15, 0.2) is 6.20 Å². The fourth-order valence-corrected chi connectivity index (χ4v) is 1.28. The maximum absolute atomic E-state index is 12.6. The van der Waals surface area contributed by atoms with Crippen LogP contribution in [0.2, 0.25) is 0 Å². The third kappa shape index (κ3) is 2.34. The number of carbonyl (C=O) groups is 1. The van der Waals surface area contributed by atoms with Crippen LogP contribution < -0.4 is 0 Å². The molecular formula is C8H2ClF2N3O3. The number of nitro groups is 1. The van der Waals surface area contributed by atoms with E-state index in [9.17, 15) is 23.7 Å². The van der Waals surface area contributed by atoms with Crippen molar-refractivity contribution in [2.45, 2.75) is 6.43 Å². The Balaban J connectivity index is 3.69. The van der Waals surface area contributed by atoms with Crippen LogP contribution in [0.4, 0.5) is 14.6 Å². The molecule has 0 aliphatic carbocycles. The van der Waals surface area contributed by atoms with E-state index in [1.165, 1.54) is 6.07 Å². The van der Waals surface area contributed by atoms with Crippen LogP contribution in [0.5, 0.6) is 0 Å². The zero-order valence-corrected chi connectivity index (χ0v) is 8.61. The van der Waals surface area contributed by atoms with Gasteiger partial charge in [0.25, 0.3) is 11.7 Å². The third-order valence-electron chi connectivity index (χ3n) is 1.81. The van der Waals surface area contributed by atoms with Crippen molar-refractivity contribution in [2.24, 2.45) is 0 Å². The molecule has 0 aromatic carbocycles. The number of alkyl halides is 2. The number of halogens is 3. The summed E-state index contributed by atoms with van der Waals surface area (Å²) in [5.74, 6) is -1.17. The van der Waals surface area contributed by atoms with Crippen LogP contribution in [0.3, 0.4) is 0 Å². The van der Waals surface area contributed by atoms with Crippen LogP contribution in [0.25, 0.3) is 0 Å². The first-order chi connectivity index (χ1) is 7.90. The molecule has 0 aliphatic rings. The molecule has 0 atom stereocenters. The smallest absolute Gasteiger partial charge is 0.358 e. The van der Waals surface area contributed by atoms with Crippen LogP contribution in [-0.2, 0) is 0 Å². The van der Waals surface area contributed by atoms with E-state index < -0.39 is 39.1 Å². The van der Waals surface area contributed by atoms with Gasteiger partial charge in [-0.05, 0) is 21.5 Å². The van der Waals surface area contributed by atoms with E-state index in [0.29, 0.717) is 6.20 Å². The summed E-state index contributed by atoms with van der Waals surface area (Å²) >= 11 is 5.05. The first-order valence-electron chi connectivity index (χ1n) is 3.95. The maximum atomic E-state index is 12.6. The van der Waals surface area contributed by atoms with Gasteiger partial charge in [-0.15, -0.1) is 0 Å². The lowest BCUT2D eigenvalue weighted by atomic mass is 10.1. The average Bonchev–Trinajstić information content (AvgIpc) is 2.26. The number of pyridine rings is 1. The standard InChI is InChI=1S/C8H2ClF2N3O3/c9-6(15)4-2-13-8(14(16)17)5(7(10)11)3(4)1-12/h2,7H. The molecule has 9 heteroatoms. The molecule has 1 heterocycles. The van der Waals surface area contributed by atoms with Gasteiger partial charge >= 0.3 is 5.82 Å². The van der Waals surface area contributed by atoms with Crippen molar-refractivity contribution in [1.82, 2.24) is 4.98 Å². The second-order valence-corrected chi connectivity index (χ2v) is 3.07. The molecule has 0 fully saturated rings. The lowest BCUT2D eigenvalue weighted by molar-refractivity contribution is -0.391. The summed E-state index contributed by atoms with van der Waals surface area (Å²) < 4.78 is 25.3. The van der Waals surface area contributed by atoms with Gasteiger partial charge in [-0.2, -0.15) is 5.26 Å². The summed E-state index contributed by atoms with van der Waals surface area (Å²) in [6.45, 7) is 0. The molecule has 0 saturated heterocycles. The monoisotopic (exact) mass is 261 g/mol. The molecule has 88 valence electrons. The molecule has 17 heavy (non-hydrogen) atoms. The molecule has 0 aliphatic heterocycles. The van der Waals surface area contributed by atoms with Crippen LogP contribution in [0.1, 0.15) is 27.9 Å². The Bertz CT molecular complexity index is 542. The van der Waals surface area contributed by atoms with Crippen molar-refractivity contribution in [3.63, 3.8) is 0 Å². The number of hydrogen-bond acceptors (Lipinski definition) is 5. The summed E-state index contributed by atoms with van der Waals surface area (Å²) in [6, 6.07) is 1.29. The van der Waals surface area contributed by atoms with Gasteiger partial charge in [0.2, 0.25) is 0 Å². The summed E-state index contributed by atoms with van der Waals surface area (Å²) in [5.41, 5.74) is -2.62. The van der Waals surface area contributed by atoms with Crippen molar-refractivity contribution in [2.75, 3.05) is 0 Å². The molecule has 6 nitrogen and oxygen atoms in total. The van der Waals surface area contributed by atoms with E-state index in [2.05, 4.69) is 4.98 Å². The Morgan fingerprint density at radius 2 is 2.24 bits per heavy atom. The van der Waals surface area contributed by atoms with Crippen LogP contribution >= 0.6 is 11.6 Å². The SMILES string of the molecule is N#Cc1c(C(=O)Cl)cnc([N+](=O)[O-])c1C(F)F. The lowest BCUT2D eigenvalue weighted by Gasteiger charge is -2.05. The average molecular weight is 262 g/mol. The lowest BCUT2D eigenvalue weighted by Crippen LogP contribution is -2.07. The molecule has 0 bridgehead atoms. The minimum Gasteiger partial charge on any atom is -0.358 e. The quantitative estimate of drug-likeness (QED) is 0.472. The van der Waals surface area contributed by atoms with Crippen molar-refractivity contribution in [3.8, 4) is 6.07 Å².